The number of hydrogen-bond acceptors (Lipinski definition) is 3. The van der Waals surface area contributed by atoms with E-state index < -0.39 is 5.41 Å². The van der Waals surface area contributed by atoms with Crippen LogP contribution in [0.2, 0.25) is 0 Å². The SMILES string of the molecule is O=C1CC2(CCc3ccccc32)C(=O)N1CC(=O)N(C1CCCC1)C1CC1. The molecule has 1 unspecified atom stereocenters. The van der Waals surface area contributed by atoms with Crippen molar-refractivity contribution >= 4 is 17.7 Å². The van der Waals surface area contributed by atoms with Crippen molar-refractivity contribution in [2.24, 2.45) is 0 Å². The molecule has 0 N–H and O–H groups in total. The molecule has 2 saturated carbocycles. The molecular formula is C22H26N2O3. The monoisotopic (exact) mass is 366 g/mol. The van der Waals surface area contributed by atoms with Crippen molar-refractivity contribution in [2.45, 2.75) is 75.3 Å². The van der Waals surface area contributed by atoms with Gasteiger partial charge in [0.25, 0.3) is 0 Å². The van der Waals surface area contributed by atoms with Gasteiger partial charge >= 0.3 is 0 Å². The summed E-state index contributed by atoms with van der Waals surface area (Å²) in [5.74, 6) is -0.380. The van der Waals surface area contributed by atoms with Crippen LogP contribution in [-0.2, 0) is 26.2 Å². The van der Waals surface area contributed by atoms with E-state index in [1.165, 1.54) is 17.7 Å². The van der Waals surface area contributed by atoms with Gasteiger partial charge in [-0.05, 0) is 49.7 Å². The van der Waals surface area contributed by atoms with Crippen LogP contribution in [0, 0.1) is 0 Å². The Morgan fingerprint density at radius 1 is 1.07 bits per heavy atom. The fourth-order valence-electron chi connectivity index (χ4n) is 5.51. The van der Waals surface area contributed by atoms with E-state index in [2.05, 4.69) is 0 Å². The number of likely N-dealkylation sites (tertiary alicyclic amines) is 1. The maximum Gasteiger partial charge on any atom is 0.243 e. The van der Waals surface area contributed by atoms with Crippen LogP contribution >= 0.6 is 0 Å². The second kappa shape index (κ2) is 6.18. The molecule has 0 bridgehead atoms. The van der Waals surface area contributed by atoms with Gasteiger partial charge in [-0.15, -0.1) is 0 Å². The first-order valence-electron chi connectivity index (χ1n) is 10.3. The number of fused-ring (bicyclic) bond motifs is 2. The van der Waals surface area contributed by atoms with E-state index in [9.17, 15) is 14.4 Å². The molecule has 5 heteroatoms. The van der Waals surface area contributed by atoms with Crippen LogP contribution in [0.15, 0.2) is 24.3 Å². The molecule has 1 saturated heterocycles. The van der Waals surface area contributed by atoms with E-state index in [4.69, 9.17) is 0 Å². The first-order chi connectivity index (χ1) is 13.1. The maximum absolute atomic E-state index is 13.3. The normalized spacial score (nSPS) is 27.6. The van der Waals surface area contributed by atoms with E-state index in [1.807, 2.05) is 29.2 Å². The van der Waals surface area contributed by atoms with Crippen LogP contribution in [0.3, 0.4) is 0 Å². The smallest absolute Gasteiger partial charge is 0.243 e. The Bertz CT molecular complexity index is 810. The number of rotatable bonds is 4. The summed E-state index contributed by atoms with van der Waals surface area (Å²) in [6.07, 6.45) is 8.28. The molecule has 1 aromatic rings. The average molecular weight is 366 g/mol. The lowest BCUT2D eigenvalue weighted by Gasteiger charge is -2.31. The zero-order chi connectivity index (χ0) is 18.6. The lowest BCUT2D eigenvalue weighted by Crippen LogP contribution is -2.48. The van der Waals surface area contributed by atoms with Crippen molar-refractivity contribution in [3.63, 3.8) is 0 Å². The summed E-state index contributed by atoms with van der Waals surface area (Å²) in [6, 6.07) is 8.58. The van der Waals surface area contributed by atoms with Gasteiger partial charge in [0.05, 0.1) is 5.41 Å². The molecule has 1 spiro atoms. The van der Waals surface area contributed by atoms with Crippen molar-refractivity contribution in [3.8, 4) is 0 Å². The lowest BCUT2D eigenvalue weighted by atomic mass is 9.80. The first-order valence-corrected chi connectivity index (χ1v) is 10.3. The molecule has 0 aromatic heterocycles. The van der Waals surface area contributed by atoms with Gasteiger partial charge in [-0.25, -0.2) is 0 Å². The Morgan fingerprint density at radius 3 is 2.52 bits per heavy atom. The fraction of sp³-hybridized carbons (Fsp3) is 0.591. The molecule has 142 valence electrons. The zero-order valence-corrected chi connectivity index (χ0v) is 15.7. The molecule has 3 amide bonds. The second-order valence-electron chi connectivity index (χ2n) is 8.67. The van der Waals surface area contributed by atoms with E-state index in [1.54, 1.807) is 0 Å². The largest absolute Gasteiger partial charge is 0.335 e. The number of carbonyl (C=O) groups is 3. The maximum atomic E-state index is 13.3. The first kappa shape index (κ1) is 17.0. The molecule has 1 aromatic carbocycles. The number of amides is 3. The average Bonchev–Trinajstić information content (AvgIpc) is 3.12. The third-order valence-corrected chi connectivity index (χ3v) is 7.00. The fourth-order valence-corrected chi connectivity index (χ4v) is 5.51. The van der Waals surface area contributed by atoms with Crippen LogP contribution in [0.25, 0.3) is 0 Å². The topological polar surface area (TPSA) is 57.7 Å². The summed E-state index contributed by atoms with van der Waals surface area (Å²) in [5.41, 5.74) is 1.43. The summed E-state index contributed by atoms with van der Waals surface area (Å²) in [6.45, 7) is -0.0748. The summed E-state index contributed by atoms with van der Waals surface area (Å²) in [4.78, 5) is 42.4. The zero-order valence-electron chi connectivity index (χ0n) is 15.7. The predicted octanol–water partition coefficient (Wildman–Crippen LogP) is 2.56. The van der Waals surface area contributed by atoms with Crippen molar-refractivity contribution in [3.05, 3.63) is 35.4 Å². The van der Waals surface area contributed by atoms with Gasteiger partial charge < -0.3 is 4.90 Å². The Labute approximate surface area is 159 Å². The molecular weight excluding hydrogens is 340 g/mol. The number of imide groups is 1. The number of benzene rings is 1. The van der Waals surface area contributed by atoms with Gasteiger partial charge in [0.15, 0.2) is 0 Å². The Hall–Kier alpha value is -2.17. The third-order valence-electron chi connectivity index (χ3n) is 7.00. The van der Waals surface area contributed by atoms with Gasteiger partial charge in [0.2, 0.25) is 17.7 Å². The molecule has 27 heavy (non-hydrogen) atoms. The number of hydrogen-bond donors (Lipinski definition) is 0. The van der Waals surface area contributed by atoms with Gasteiger partial charge in [0.1, 0.15) is 6.54 Å². The summed E-state index contributed by atoms with van der Waals surface area (Å²) in [5, 5.41) is 0. The van der Waals surface area contributed by atoms with Crippen LogP contribution < -0.4 is 0 Å². The van der Waals surface area contributed by atoms with Gasteiger partial charge in [-0.3, -0.25) is 19.3 Å². The third kappa shape index (κ3) is 2.62. The van der Waals surface area contributed by atoms with E-state index in [-0.39, 0.29) is 30.7 Å². The van der Waals surface area contributed by atoms with E-state index in [0.29, 0.717) is 18.5 Å². The molecule has 4 aliphatic rings. The number of carbonyl (C=O) groups excluding carboxylic acids is 3. The standard InChI is InChI=1S/C22H26N2O3/c25-19-13-22(12-11-15-5-1-4-8-18(15)22)21(27)23(19)14-20(26)24(17-9-10-17)16-6-2-3-7-16/h1,4-5,8,16-17H,2-3,6-7,9-14H2. The highest BCUT2D eigenvalue weighted by Crippen LogP contribution is 2.47. The van der Waals surface area contributed by atoms with Crippen molar-refractivity contribution in [1.29, 1.82) is 0 Å². The van der Waals surface area contributed by atoms with Gasteiger partial charge in [0, 0.05) is 18.5 Å². The predicted molar refractivity (Wildman–Crippen MR) is 99.9 cm³/mol. The Balaban J connectivity index is 1.37. The van der Waals surface area contributed by atoms with Crippen molar-refractivity contribution in [1.82, 2.24) is 9.80 Å². The number of nitrogens with zero attached hydrogens (tertiary/aromatic N) is 2. The van der Waals surface area contributed by atoms with E-state index in [0.717, 1.165) is 43.2 Å². The molecule has 1 heterocycles. The molecule has 1 atom stereocenters. The molecule has 0 radical (unpaired) electrons. The van der Waals surface area contributed by atoms with Crippen molar-refractivity contribution < 1.29 is 14.4 Å². The summed E-state index contributed by atoms with van der Waals surface area (Å²) in [7, 11) is 0. The minimum absolute atomic E-state index is 0.0329. The highest BCUT2D eigenvalue weighted by Gasteiger charge is 2.56. The van der Waals surface area contributed by atoms with Crippen LogP contribution in [0.4, 0.5) is 0 Å². The number of aryl methyl sites for hydroxylation is 1. The van der Waals surface area contributed by atoms with Crippen LogP contribution in [0.1, 0.15) is 62.5 Å². The molecule has 5 nitrogen and oxygen atoms in total. The van der Waals surface area contributed by atoms with Crippen molar-refractivity contribution in [2.75, 3.05) is 6.54 Å². The van der Waals surface area contributed by atoms with Crippen LogP contribution in [-0.4, -0.2) is 46.1 Å². The van der Waals surface area contributed by atoms with Crippen LogP contribution in [0.5, 0.6) is 0 Å². The molecule has 3 aliphatic carbocycles. The molecule has 5 rings (SSSR count). The quantitative estimate of drug-likeness (QED) is 0.770. The minimum atomic E-state index is -0.730. The molecule has 1 aliphatic heterocycles. The Kier molecular flexibility index (Phi) is 3.88. The van der Waals surface area contributed by atoms with E-state index >= 15 is 0 Å². The van der Waals surface area contributed by atoms with Gasteiger partial charge in [-0.1, -0.05) is 37.1 Å². The lowest BCUT2D eigenvalue weighted by molar-refractivity contribution is -0.147. The summed E-state index contributed by atoms with van der Waals surface area (Å²) >= 11 is 0. The summed E-state index contributed by atoms with van der Waals surface area (Å²) < 4.78 is 0. The molecule has 3 fully saturated rings. The highest BCUT2D eigenvalue weighted by molar-refractivity contribution is 6.11. The minimum Gasteiger partial charge on any atom is -0.335 e. The second-order valence-corrected chi connectivity index (χ2v) is 8.67. The Morgan fingerprint density at radius 2 is 1.78 bits per heavy atom. The highest BCUT2D eigenvalue weighted by atomic mass is 16.2. The van der Waals surface area contributed by atoms with Gasteiger partial charge in [-0.2, -0.15) is 0 Å².